The summed E-state index contributed by atoms with van der Waals surface area (Å²) in [6.07, 6.45) is 1.46. The van der Waals surface area contributed by atoms with Gasteiger partial charge in [-0.25, -0.2) is 9.48 Å². The second-order valence-electron chi connectivity index (χ2n) is 5.13. The number of aromatic nitrogens is 3. The minimum absolute atomic E-state index is 0.206. The number of esters is 1. The van der Waals surface area contributed by atoms with Gasteiger partial charge in [-0.15, -0.1) is 0 Å². The first-order valence-corrected chi connectivity index (χ1v) is 7.30. The van der Waals surface area contributed by atoms with Crippen LogP contribution in [0.4, 0.5) is 5.95 Å². The number of carbonyl (C=O) groups is 1. The smallest absolute Gasteiger partial charge is 0.338 e. The molecule has 3 rings (SSSR count). The van der Waals surface area contributed by atoms with Crippen molar-refractivity contribution in [3.8, 4) is 0 Å². The molecule has 0 amide bonds. The SMILES string of the molecule is COCCOC(=O)C1=C(C)Nc2ncnn2[C@@H]1c1ccccc1. The minimum Gasteiger partial charge on any atom is -0.460 e. The molecule has 23 heavy (non-hydrogen) atoms. The molecule has 0 aliphatic carbocycles. The second kappa shape index (κ2) is 6.62. The Morgan fingerprint density at radius 2 is 2.09 bits per heavy atom. The molecule has 0 unspecified atom stereocenters. The van der Waals surface area contributed by atoms with Crippen molar-refractivity contribution in [2.75, 3.05) is 25.6 Å². The first-order valence-electron chi connectivity index (χ1n) is 7.30. The van der Waals surface area contributed by atoms with Gasteiger partial charge in [0.15, 0.2) is 0 Å². The van der Waals surface area contributed by atoms with E-state index in [0.717, 1.165) is 5.56 Å². The Morgan fingerprint density at radius 1 is 1.30 bits per heavy atom. The van der Waals surface area contributed by atoms with E-state index in [1.807, 2.05) is 37.3 Å². The molecule has 120 valence electrons. The van der Waals surface area contributed by atoms with Gasteiger partial charge in [0, 0.05) is 12.8 Å². The van der Waals surface area contributed by atoms with E-state index in [0.29, 0.717) is 23.8 Å². The van der Waals surface area contributed by atoms with Crippen molar-refractivity contribution >= 4 is 11.9 Å². The lowest BCUT2D eigenvalue weighted by atomic mass is 9.96. The number of methoxy groups -OCH3 is 1. The molecule has 0 spiro atoms. The molecule has 1 aromatic heterocycles. The van der Waals surface area contributed by atoms with Gasteiger partial charge in [0.1, 0.15) is 19.0 Å². The summed E-state index contributed by atoms with van der Waals surface area (Å²) >= 11 is 0. The van der Waals surface area contributed by atoms with Gasteiger partial charge < -0.3 is 14.8 Å². The van der Waals surface area contributed by atoms with Crippen LogP contribution in [0.25, 0.3) is 0 Å². The zero-order valence-electron chi connectivity index (χ0n) is 13.0. The van der Waals surface area contributed by atoms with E-state index in [1.54, 1.807) is 11.8 Å². The number of carbonyl (C=O) groups excluding carboxylic acids is 1. The normalized spacial score (nSPS) is 16.7. The fourth-order valence-electron chi connectivity index (χ4n) is 2.59. The van der Waals surface area contributed by atoms with Gasteiger partial charge in [0.05, 0.1) is 12.2 Å². The number of nitrogens with one attached hydrogen (secondary N) is 1. The zero-order chi connectivity index (χ0) is 16.2. The largest absolute Gasteiger partial charge is 0.460 e. The van der Waals surface area contributed by atoms with Gasteiger partial charge in [-0.2, -0.15) is 10.1 Å². The molecule has 1 atom stereocenters. The molecule has 1 N–H and O–H groups in total. The third-order valence-electron chi connectivity index (χ3n) is 3.65. The fraction of sp³-hybridized carbons (Fsp3) is 0.312. The van der Waals surface area contributed by atoms with E-state index in [-0.39, 0.29) is 18.6 Å². The second-order valence-corrected chi connectivity index (χ2v) is 5.13. The van der Waals surface area contributed by atoms with Crippen molar-refractivity contribution in [3.05, 3.63) is 53.5 Å². The summed E-state index contributed by atoms with van der Waals surface area (Å²) in [4.78, 5) is 16.7. The molecule has 1 aromatic carbocycles. The Morgan fingerprint density at radius 3 is 2.83 bits per heavy atom. The Bertz CT molecular complexity index is 724. The standard InChI is InChI=1S/C16H18N4O3/c1-11-13(15(21)23-9-8-22-2)14(12-6-4-3-5-7-12)20-16(19-11)17-10-18-20/h3-7,10,14H,8-9H2,1-2H3,(H,17,18,19)/t14-/m1/s1. The summed E-state index contributed by atoms with van der Waals surface area (Å²) in [5.41, 5.74) is 2.17. The predicted octanol–water partition coefficient (Wildman–Crippen LogP) is 1.76. The quantitative estimate of drug-likeness (QED) is 0.669. The van der Waals surface area contributed by atoms with Crippen LogP contribution in [-0.4, -0.2) is 41.1 Å². The molecule has 7 nitrogen and oxygen atoms in total. The van der Waals surface area contributed by atoms with Gasteiger partial charge >= 0.3 is 5.97 Å². The zero-order valence-corrected chi connectivity index (χ0v) is 13.0. The first-order chi connectivity index (χ1) is 11.2. The Labute approximate surface area is 133 Å². The molecule has 2 heterocycles. The minimum atomic E-state index is -0.387. The average molecular weight is 314 g/mol. The molecule has 1 aliphatic heterocycles. The summed E-state index contributed by atoms with van der Waals surface area (Å²) in [6.45, 7) is 2.40. The number of allylic oxidation sites excluding steroid dienone is 1. The van der Waals surface area contributed by atoms with E-state index >= 15 is 0 Å². The number of nitrogens with zero attached hydrogens (tertiary/aromatic N) is 3. The molecule has 0 saturated carbocycles. The van der Waals surface area contributed by atoms with Crippen LogP contribution in [0.2, 0.25) is 0 Å². The fourth-order valence-corrected chi connectivity index (χ4v) is 2.59. The van der Waals surface area contributed by atoms with Gasteiger partial charge in [0.25, 0.3) is 0 Å². The Hall–Kier alpha value is -2.67. The highest BCUT2D eigenvalue weighted by Gasteiger charge is 2.34. The summed E-state index contributed by atoms with van der Waals surface area (Å²) < 4.78 is 11.9. The molecule has 0 fully saturated rings. The maximum absolute atomic E-state index is 12.6. The third kappa shape index (κ3) is 2.95. The van der Waals surface area contributed by atoms with Crippen LogP contribution in [-0.2, 0) is 14.3 Å². The van der Waals surface area contributed by atoms with Crippen molar-refractivity contribution in [2.45, 2.75) is 13.0 Å². The molecule has 0 radical (unpaired) electrons. The van der Waals surface area contributed by atoms with E-state index in [2.05, 4.69) is 15.4 Å². The van der Waals surface area contributed by atoms with Gasteiger partial charge in [-0.05, 0) is 12.5 Å². The number of hydrogen-bond acceptors (Lipinski definition) is 6. The maximum Gasteiger partial charge on any atom is 0.338 e. The Kier molecular flexibility index (Phi) is 4.38. The van der Waals surface area contributed by atoms with Crippen LogP contribution in [0.1, 0.15) is 18.5 Å². The molecule has 1 aliphatic rings. The third-order valence-corrected chi connectivity index (χ3v) is 3.65. The van der Waals surface area contributed by atoms with E-state index in [4.69, 9.17) is 9.47 Å². The number of anilines is 1. The number of ether oxygens (including phenoxy) is 2. The highest BCUT2D eigenvalue weighted by Crippen LogP contribution is 2.34. The van der Waals surface area contributed by atoms with Crippen LogP contribution in [0, 0.1) is 0 Å². The number of benzene rings is 1. The predicted molar refractivity (Wildman–Crippen MR) is 83.8 cm³/mol. The van der Waals surface area contributed by atoms with Crippen LogP contribution in [0.15, 0.2) is 47.9 Å². The van der Waals surface area contributed by atoms with Crippen LogP contribution >= 0.6 is 0 Å². The van der Waals surface area contributed by atoms with Gasteiger partial charge in [-0.3, -0.25) is 0 Å². The summed E-state index contributed by atoms with van der Waals surface area (Å²) in [5.74, 6) is 0.215. The molecule has 2 aromatic rings. The van der Waals surface area contributed by atoms with E-state index < -0.39 is 0 Å². The lowest BCUT2D eigenvalue weighted by molar-refractivity contribution is -0.140. The topological polar surface area (TPSA) is 78.3 Å². The lowest BCUT2D eigenvalue weighted by Gasteiger charge is -2.28. The van der Waals surface area contributed by atoms with Crippen LogP contribution < -0.4 is 5.32 Å². The summed E-state index contributed by atoms with van der Waals surface area (Å²) in [6, 6.07) is 9.33. The van der Waals surface area contributed by atoms with E-state index in [9.17, 15) is 4.79 Å². The lowest BCUT2D eigenvalue weighted by Crippen LogP contribution is -2.30. The highest BCUT2D eigenvalue weighted by atomic mass is 16.6. The maximum atomic E-state index is 12.6. The van der Waals surface area contributed by atoms with Crippen molar-refractivity contribution in [1.82, 2.24) is 14.8 Å². The van der Waals surface area contributed by atoms with Gasteiger partial charge in [0.2, 0.25) is 5.95 Å². The summed E-state index contributed by atoms with van der Waals surface area (Å²) in [5, 5.41) is 7.35. The van der Waals surface area contributed by atoms with Crippen molar-refractivity contribution in [2.24, 2.45) is 0 Å². The van der Waals surface area contributed by atoms with Crippen molar-refractivity contribution in [3.63, 3.8) is 0 Å². The number of hydrogen-bond donors (Lipinski definition) is 1. The molecule has 0 saturated heterocycles. The first kappa shape index (κ1) is 15.2. The van der Waals surface area contributed by atoms with Crippen LogP contribution in [0.5, 0.6) is 0 Å². The van der Waals surface area contributed by atoms with Crippen molar-refractivity contribution < 1.29 is 14.3 Å². The molecule has 0 bridgehead atoms. The molecular weight excluding hydrogens is 296 g/mol. The Balaban J connectivity index is 1.99. The summed E-state index contributed by atoms with van der Waals surface area (Å²) in [7, 11) is 1.56. The molecular formula is C16H18N4O3. The monoisotopic (exact) mass is 314 g/mol. The van der Waals surface area contributed by atoms with E-state index in [1.165, 1.54) is 6.33 Å². The highest BCUT2D eigenvalue weighted by molar-refractivity contribution is 5.92. The van der Waals surface area contributed by atoms with Gasteiger partial charge in [-0.1, -0.05) is 30.3 Å². The average Bonchev–Trinajstić information content (AvgIpc) is 3.02. The van der Waals surface area contributed by atoms with Crippen LogP contribution in [0.3, 0.4) is 0 Å². The molecule has 7 heteroatoms. The number of rotatable bonds is 5. The van der Waals surface area contributed by atoms with Crippen molar-refractivity contribution in [1.29, 1.82) is 0 Å². The number of fused-ring (bicyclic) bond motifs is 1.